The second kappa shape index (κ2) is 5.90. The molecule has 0 bridgehead atoms. The first-order valence-electron chi connectivity index (χ1n) is 5.86. The molecule has 0 spiro atoms. The predicted molar refractivity (Wildman–Crippen MR) is 79.1 cm³/mol. The van der Waals surface area contributed by atoms with Gasteiger partial charge < -0.3 is 4.42 Å². The van der Waals surface area contributed by atoms with Crippen LogP contribution in [0.3, 0.4) is 0 Å². The summed E-state index contributed by atoms with van der Waals surface area (Å²) in [4.78, 5) is 27.7. The lowest BCUT2D eigenvalue weighted by Gasteiger charge is -2.03. The number of amides is 2. The molecule has 2 amide bonds. The molecular weight excluding hydrogens is 310 g/mol. The molecule has 106 valence electrons. The number of nitrogens with one attached hydrogen (secondary N) is 2. The average Bonchev–Trinajstić information content (AvgIpc) is 3.25. The van der Waals surface area contributed by atoms with E-state index in [-0.39, 0.29) is 11.5 Å². The van der Waals surface area contributed by atoms with Crippen molar-refractivity contribution in [1.82, 2.24) is 15.8 Å². The number of furan rings is 1. The first-order valence-corrected chi connectivity index (χ1v) is 7.68. The second-order valence-electron chi connectivity index (χ2n) is 3.94. The van der Waals surface area contributed by atoms with E-state index in [0.717, 1.165) is 10.6 Å². The van der Waals surface area contributed by atoms with Crippen LogP contribution in [-0.4, -0.2) is 16.8 Å². The highest BCUT2D eigenvalue weighted by atomic mass is 32.1. The molecular formula is C13H9N3O3S2. The third-order valence-corrected chi connectivity index (χ3v) is 4.11. The minimum Gasteiger partial charge on any atom is -0.459 e. The van der Waals surface area contributed by atoms with Gasteiger partial charge in [-0.1, -0.05) is 0 Å². The summed E-state index contributed by atoms with van der Waals surface area (Å²) in [6.07, 6.45) is 1.38. The summed E-state index contributed by atoms with van der Waals surface area (Å²) >= 11 is 2.93. The van der Waals surface area contributed by atoms with E-state index < -0.39 is 11.8 Å². The van der Waals surface area contributed by atoms with E-state index in [1.807, 2.05) is 16.8 Å². The maximum absolute atomic E-state index is 11.9. The van der Waals surface area contributed by atoms with Crippen LogP contribution in [-0.2, 0) is 0 Å². The molecule has 21 heavy (non-hydrogen) atoms. The molecule has 0 aliphatic heterocycles. The average molecular weight is 319 g/mol. The lowest BCUT2D eigenvalue weighted by atomic mass is 10.3. The Kier molecular flexibility index (Phi) is 3.80. The summed E-state index contributed by atoms with van der Waals surface area (Å²) in [7, 11) is 0. The zero-order valence-electron chi connectivity index (χ0n) is 10.5. The minimum absolute atomic E-state index is 0.118. The van der Waals surface area contributed by atoms with Crippen molar-refractivity contribution in [3.63, 3.8) is 0 Å². The third-order valence-electron chi connectivity index (χ3n) is 2.54. The van der Waals surface area contributed by atoms with Crippen molar-refractivity contribution in [2.75, 3.05) is 0 Å². The molecule has 0 saturated heterocycles. The van der Waals surface area contributed by atoms with Gasteiger partial charge in [-0.2, -0.15) is 11.3 Å². The zero-order chi connectivity index (χ0) is 14.7. The van der Waals surface area contributed by atoms with Gasteiger partial charge >= 0.3 is 5.91 Å². The normalized spacial score (nSPS) is 10.3. The Morgan fingerprint density at radius 2 is 2.00 bits per heavy atom. The predicted octanol–water partition coefficient (Wildman–Crippen LogP) is 2.54. The van der Waals surface area contributed by atoms with Gasteiger partial charge in [0, 0.05) is 16.3 Å². The Morgan fingerprint density at radius 1 is 1.14 bits per heavy atom. The van der Waals surface area contributed by atoms with Crippen molar-refractivity contribution in [2.45, 2.75) is 0 Å². The number of nitrogens with zero attached hydrogens (tertiary/aromatic N) is 1. The third kappa shape index (κ3) is 3.01. The fourth-order valence-electron chi connectivity index (χ4n) is 1.54. The molecule has 0 aliphatic rings. The smallest absolute Gasteiger partial charge is 0.305 e. The molecule has 0 radical (unpaired) electrons. The highest BCUT2D eigenvalue weighted by Gasteiger charge is 2.14. The Balaban J connectivity index is 1.62. The van der Waals surface area contributed by atoms with Crippen molar-refractivity contribution in [3.05, 3.63) is 52.1 Å². The standard InChI is InChI=1S/C13H9N3O3S2/c17-11(15-16-12(18)10-2-1-4-19-10)9-7-21-13(14-9)8-3-5-20-6-8/h1-7H,(H,15,17)(H,16,18). The van der Waals surface area contributed by atoms with Gasteiger partial charge in [-0.05, 0) is 23.6 Å². The number of rotatable bonds is 3. The van der Waals surface area contributed by atoms with Gasteiger partial charge in [-0.25, -0.2) is 4.98 Å². The zero-order valence-corrected chi connectivity index (χ0v) is 12.2. The number of aromatic nitrogens is 1. The molecule has 0 aromatic carbocycles. The Labute approximate surface area is 127 Å². The number of thiazole rings is 1. The van der Waals surface area contributed by atoms with Gasteiger partial charge in [0.2, 0.25) is 0 Å². The van der Waals surface area contributed by atoms with Gasteiger partial charge in [-0.3, -0.25) is 20.4 Å². The topological polar surface area (TPSA) is 84.2 Å². The van der Waals surface area contributed by atoms with Crippen molar-refractivity contribution in [1.29, 1.82) is 0 Å². The molecule has 3 rings (SSSR count). The summed E-state index contributed by atoms with van der Waals surface area (Å²) < 4.78 is 4.91. The molecule has 0 unspecified atom stereocenters. The number of hydrazine groups is 1. The Bertz CT molecular complexity index is 748. The van der Waals surface area contributed by atoms with Crippen molar-refractivity contribution < 1.29 is 14.0 Å². The van der Waals surface area contributed by atoms with Crippen LogP contribution >= 0.6 is 22.7 Å². The summed E-state index contributed by atoms with van der Waals surface area (Å²) in [5.74, 6) is -0.887. The number of hydrogen-bond donors (Lipinski definition) is 2. The number of carbonyl (C=O) groups excluding carboxylic acids is 2. The number of thiophene rings is 1. The summed E-state index contributed by atoms with van der Waals surface area (Å²) in [5, 5.41) is 6.31. The van der Waals surface area contributed by atoms with Gasteiger partial charge in [0.25, 0.3) is 5.91 Å². The molecule has 3 aromatic rings. The van der Waals surface area contributed by atoms with E-state index >= 15 is 0 Å². The monoisotopic (exact) mass is 319 g/mol. The summed E-state index contributed by atoms with van der Waals surface area (Å²) in [6, 6.07) is 5.02. The van der Waals surface area contributed by atoms with Gasteiger partial charge in [0.05, 0.1) is 6.26 Å². The lowest BCUT2D eigenvalue weighted by molar-refractivity contribution is 0.0829. The first kappa shape index (κ1) is 13.5. The Hall–Kier alpha value is -2.45. The molecule has 0 aliphatic carbocycles. The van der Waals surface area contributed by atoms with Crippen molar-refractivity contribution >= 4 is 34.5 Å². The lowest BCUT2D eigenvalue weighted by Crippen LogP contribution is -2.41. The molecule has 2 N–H and O–H groups in total. The van der Waals surface area contributed by atoms with E-state index in [1.165, 1.54) is 23.7 Å². The molecule has 8 heteroatoms. The van der Waals surface area contributed by atoms with Crippen LogP contribution in [0, 0.1) is 0 Å². The van der Waals surface area contributed by atoms with Crippen molar-refractivity contribution in [2.24, 2.45) is 0 Å². The largest absolute Gasteiger partial charge is 0.459 e. The first-order chi connectivity index (χ1) is 10.2. The van der Waals surface area contributed by atoms with Crippen LogP contribution in [0.2, 0.25) is 0 Å². The molecule has 0 atom stereocenters. The van der Waals surface area contributed by atoms with Gasteiger partial charge in [0.15, 0.2) is 5.76 Å². The highest BCUT2D eigenvalue weighted by molar-refractivity contribution is 7.14. The fraction of sp³-hybridized carbons (Fsp3) is 0. The van der Waals surface area contributed by atoms with E-state index in [0.29, 0.717) is 0 Å². The van der Waals surface area contributed by atoms with Crippen LogP contribution in [0.4, 0.5) is 0 Å². The maximum atomic E-state index is 11.9. The number of hydrogen-bond acceptors (Lipinski definition) is 6. The van der Waals surface area contributed by atoms with E-state index in [9.17, 15) is 9.59 Å². The number of carbonyl (C=O) groups is 2. The van der Waals surface area contributed by atoms with Crippen LogP contribution in [0.1, 0.15) is 21.0 Å². The maximum Gasteiger partial charge on any atom is 0.305 e. The summed E-state index contributed by atoms with van der Waals surface area (Å²) in [6.45, 7) is 0. The molecule has 0 fully saturated rings. The second-order valence-corrected chi connectivity index (χ2v) is 5.57. The molecule has 3 aromatic heterocycles. The van der Waals surface area contributed by atoms with E-state index in [4.69, 9.17) is 4.42 Å². The van der Waals surface area contributed by atoms with E-state index in [2.05, 4.69) is 15.8 Å². The van der Waals surface area contributed by atoms with Gasteiger partial charge in [-0.15, -0.1) is 11.3 Å². The highest BCUT2D eigenvalue weighted by Crippen LogP contribution is 2.25. The van der Waals surface area contributed by atoms with Crippen molar-refractivity contribution in [3.8, 4) is 10.6 Å². The van der Waals surface area contributed by atoms with Crippen LogP contribution in [0.15, 0.2) is 45.0 Å². The minimum atomic E-state index is -0.526. The van der Waals surface area contributed by atoms with Gasteiger partial charge in [0.1, 0.15) is 10.7 Å². The molecule has 0 saturated carbocycles. The van der Waals surface area contributed by atoms with Crippen LogP contribution in [0.5, 0.6) is 0 Å². The molecule has 6 nitrogen and oxygen atoms in total. The van der Waals surface area contributed by atoms with Crippen LogP contribution in [0.25, 0.3) is 10.6 Å². The van der Waals surface area contributed by atoms with Crippen LogP contribution < -0.4 is 10.9 Å². The molecule has 3 heterocycles. The van der Waals surface area contributed by atoms with E-state index in [1.54, 1.807) is 22.8 Å². The Morgan fingerprint density at radius 3 is 2.71 bits per heavy atom. The summed E-state index contributed by atoms with van der Waals surface area (Å²) in [5.41, 5.74) is 5.78. The quantitative estimate of drug-likeness (QED) is 0.727. The SMILES string of the molecule is O=C(NNC(=O)c1ccco1)c1csc(-c2ccsc2)n1. The fourth-order valence-corrected chi connectivity index (χ4v) is 3.06.